The minimum absolute atomic E-state index is 0.0999. The van der Waals surface area contributed by atoms with Gasteiger partial charge in [-0.05, 0) is 86.8 Å². The number of halogens is 1. The van der Waals surface area contributed by atoms with Gasteiger partial charge in [-0.1, -0.05) is 29.3 Å². The maximum absolute atomic E-state index is 12.8. The number of nitrogens with one attached hydrogen (secondary N) is 2. The van der Waals surface area contributed by atoms with Crippen molar-refractivity contribution in [2.75, 3.05) is 16.6 Å². The van der Waals surface area contributed by atoms with Gasteiger partial charge in [0.05, 0.1) is 10.6 Å². The first-order valence-corrected chi connectivity index (χ1v) is 11.8. The molecule has 0 fully saturated rings. The molecule has 2 N–H and O–H groups in total. The van der Waals surface area contributed by atoms with Gasteiger partial charge in [-0.3, -0.25) is 9.52 Å². The van der Waals surface area contributed by atoms with Crippen molar-refractivity contribution in [3.63, 3.8) is 0 Å². The number of amides is 1. The highest BCUT2D eigenvalue weighted by Gasteiger charge is 2.17. The zero-order valence-corrected chi connectivity index (χ0v) is 19.9. The average Bonchev–Trinajstić information content (AvgIpc) is 2.70. The monoisotopic (exact) mass is 472 g/mol. The smallest absolute Gasteiger partial charge is 0.262 e. The highest BCUT2D eigenvalue weighted by atomic mass is 35.5. The van der Waals surface area contributed by atoms with Gasteiger partial charge in [-0.15, -0.1) is 0 Å². The number of sulfonamides is 1. The molecule has 0 aliphatic carbocycles. The van der Waals surface area contributed by atoms with Gasteiger partial charge in [-0.25, -0.2) is 8.42 Å². The van der Waals surface area contributed by atoms with Gasteiger partial charge < -0.3 is 10.1 Å². The first-order valence-electron chi connectivity index (χ1n) is 9.95. The number of aryl methyl sites for hydroxylation is 4. The SMILES string of the molecule is Cc1cc(C)c(NS(=O)(=O)c2ccc(NC(=O)COc3ccc(Cl)cc3C)cc2)c(C)c1. The minimum Gasteiger partial charge on any atom is -0.483 e. The predicted molar refractivity (Wildman–Crippen MR) is 128 cm³/mol. The lowest BCUT2D eigenvalue weighted by Gasteiger charge is -2.15. The number of carbonyl (C=O) groups excluding carboxylic acids is 1. The van der Waals surface area contributed by atoms with E-state index in [1.807, 2.05) is 39.8 Å². The van der Waals surface area contributed by atoms with Gasteiger partial charge in [-0.2, -0.15) is 0 Å². The van der Waals surface area contributed by atoms with Crippen molar-refractivity contribution in [1.82, 2.24) is 0 Å². The van der Waals surface area contributed by atoms with Crippen LogP contribution in [0.1, 0.15) is 22.3 Å². The van der Waals surface area contributed by atoms with Crippen LogP contribution in [0.3, 0.4) is 0 Å². The molecule has 0 aromatic heterocycles. The summed E-state index contributed by atoms with van der Waals surface area (Å²) in [7, 11) is -3.77. The standard InChI is InChI=1S/C24H25ClN2O4S/c1-15-11-17(3)24(18(4)12-15)27-32(29,30)21-8-6-20(7-9-21)26-23(28)14-31-22-10-5-19(25)13-16(22)2/h5-13,27H,14H2,1-4H3,(H,26,28). The molecule has 3 aromatic carbocycles. The molecule has 0 saturated heterocycles. The molecule has 168 valence electrons. The third kappa shape index (κ3) is 5.81. The van der Waals surface area contributed by atoms with Crippen LogP contribution in [0.4, 0.5) is 11.4 Å². The molecule has 0 bridgehead atoms. The summed E-state index contributed by atoms with van der Waals surface area (Å²) in [4.78, 5) is 12.3. The fourth-order valence-corrected chi connectivity index (χ4v) is 4.80. The van der Waals surface area contributed by atoms with Crippen LogP contribution in [0.5, 0.6) is 5.75 Å². The molecule has 0 aliphatic rings. The second-order valence-corrected chi connectivity index (χ2v) is 9.77. The van der Waals surface area contributed by atoms with Crippen LogP contribution >= 0.6 is 11.6 Å². The lowest BCUT2D eigenvalue weighted by atomic mass is 10.1. The largest absolute Gasteiger partial charge is 0.483 e. The van der Waals surface area contributed by atoms with Crippen molar-refractivity contribution in [2.24, 2.45) is 0 Å². The van der Waals surface area contributed by atoms with Crippen LogP contribution in [0.25, 0.3) is 0 Å². The van der Waals surface area contributed by atoms with Gasteiger partial charge in [0.25, 0.3) is 15.9 Å². The molecule has 0 heterocycles. The molecule has 0 saturated carbocycles. The summed E-state index contributed by atoms with van der Waals surface area (Å²) in [5, 5.41) is 3.28. The van der Waals surface area contributed by atoms with Crippen LogP contribution in [0.2, 0.25) is 5.02 Å². The summed E-state index contributed by atoms with van der Waals surface area (Å²) in [6.45, 7) is 7.35. The molecule has 0 spiro atoms. The van der Waals surface area contributed by atoms with E-state index in [0.29, 0.717) is 22.1 Å². The molecular weight excluding hydrogens is 448 g/mol. The van der Waals surface area contributed by atoms with Crippen LogP contribution in [-0.4, -0.2) is 20.9 Å². The van der Waals surface area contributed by atoms with Crippen molar-refractivity contribution >= 4 is 38.9 Å². The Morgan fingerprint density at radius 1 is 0.906 bits per heavy atom. The molecule has 32 heavy (non-hydrogen) atoms. The Hall–Kier alpha value is -3.03. The molecule has 8 heteroatoms. The third-order valence-electron chi connectivity index (χ3n) is 4.86. The molecule has 0 radical (unpaired) electrons. The Labute approximate surface area is 193 Å². The number of anilines is 2. The maximum atomic E-state index is 12.8. The Morgan fingerprint density at radius 3 is 2.12 bits per heavy atom. The third-order valence-corrected chi connectivity index (χ3v) is 6.46. The molecule has 0 unspecified atom stereocenters. The number of carbonyl (C=O) groups is 1. The number of hydrogen-bond donors (Lipinski definition) is 2. The lowest BCUT2D eigenvalue weighted by molar-refractivity contribution is -0.118. The Balaban J connectivity index is 1.64. The average molecular weight is 473 g/mol. The van der Waals surface area contributed by atoms with E-state index in [1.165, 1.54) is 24.3 Å². The Bertz CT molecular complexity index is 1230. The van der Waals surface area contributed by atoms with E-state index in [9.17, 15) is 13.2 Å². The Morgan fingerprint density at radius 2 is 1.53 bits per heavy atom. The number of hydrogen-bond acceptors (Lipinski definition) is 4. The fourth-order valence-electron chi connectivity index (χ4n) is 3.37. The van der Waals surface area contributed by atoms with E-state index in [4.69, 9.17) is 16.3 Å². The highest BCUT2D eigenvalue weighted by molar-refractivity contribution is 7.92. The Kier molecular flexibility index (Phi) is 7.11. The number of benzene rings is 3. The van der Waals surface area contributed by atoms with E-state index in [1.54, 1.807) is 18.2 Å². The second-order valence-electron chi connectivity index (χ2n) is 7.65. The number of rotatable bonds is 7. The molecule has 0 atom stereocenters. The van der Waals surface area contributed by atoms with Gasteiger partial charge in [0.2, 0.25) is 0 Å². The normalized spacial score (nSPS) is 11.2. The summed E-state index contributed by atoms with van der Waals surface area (Å²) in [5.74, 6) is 0.206. The van der Waals surface area contributed by atoms with E-state index < -0.39 is 10.0 Å². The van der Waals surface area contributed by atoms with Crippen molar-refractivity contribution in [3.05, 3.63) is 81.9 Å². The summed E-state index contributed by atoms with van der Waals surface area (Å²) in [6, 6.07) is 15.0. The topological polar surface area (TPSA) is 84.5 Å². The van der Waals surface area contributed by atoms with E-state index in [-0.39, 0.29) is 17.4 Å². The van der Waals surface area contributed by atoms with Crippen molar-refractivity contribution in [1.29, 1.82) is 0 Å². The summed E-state index contributed by atoms with van der Waals surface area (Å²) in [5.41, 5.74) is 4.64. The predicted octanol–water partition coefficient (Wildman–Crippen LogP) is 5.39. The maximum Gasteiger partial charge on any atom is 0.262 e. The first-order chi connectivity index (χ1) is 15.0. The first kappa shape index (κ1) is 23.6. The van der Waals surface area contributed by atoms with Gasteiger partial charge in [0, 0.05) is 10.7 Å². The highest BCUT2D eigenvalue weighted by Crippen LogP contribution is 2.26. The summed E-state index contributed by atoms with van der Waals surface area (Å²) >= 11 is 5.92. The van der Waals surface area contributed by atoms with Crippen LogP contribution in [0.15, 0.2) is 59.5 Å². The number of ether oxygens (including phenoxy) is 1. The molecular formula is C24H25ClN2O4S. The van der Waals surface area contributed by atoms with Crippen LogP contribution < -0.4 is 14.8 Å². The quantitative estimate of drug-likeness (QED) is 0.482. The van der Waals surface area contributed by atoms with Gasteiger partial charge in [0.15, 0.2) is 6.61 Å². The molecule has 3 rings (SSSR count). The van der Waals surface area contributed by atoms with Crippen molar-refractivity contribution < 1.29 is 17.9 Å². The summed E-state index contributed by atoms with van der Waals surface area (Å²) < 4.78 is 33.8. The van der Waals surface area contributed by atoms with E-state index in [0.717, 1.165) is 22.3 Å². The molecule has 1 amide bonds. The zero-order valence-electron chi connectivity index (χ0n) is 18.3. The van der Waals surface area contributed by atoms with Crippen LogP contribution in [0, 0.1) is 27.7 Å². The van der Waals surface area contributed by atoms with E-state index >= 15 is 0 Å². The molecule has 0 aliphatic heterocycles. The van der Waals surface area contributed by atoms with Crippen LogP contribution in [-0.2, 0) is 14.8 Å². The van der Waals surface area contributed by atoms with Gasteiger partial charge >= 0.3 is 0 Å². The molecule has 6 nitrogen and oxygen atoms in total. The van der Waals surface area contributed by atoms with Gasteiger partial charge in [0.1, 0.15) is 5.75 Å². The van der Waals surface area contributed by atoms with Crippen molar-refractivity contribution in [2.45, 2.75) is 32.6 Å². The summed E-state index contributed by atoms with van der Waals surface area (Å²) in [6.07, 6.45) is 0. The second kappa shape index (κ2) is 9.63. The van der Waals surface area contributed by atoms with E-state index in [2.05, 4.69) is 10.0 Å². The minimum atomic E-state index is -3.77. The fraction of sp³-hybridized carbons (Fsp3) is 0.208. The molecule has 3 aromatic rings. The van der Waals surface area contributed by atoms with Crippen molar-refractivity contribution in [3.8, 4) is 5.75 Å². The lowest BCUT2D eigenvalue weighted by Crippen LogP contribution is -2.20. The zero-order chi connectivity index (χ0) is 23.5.